The van der Waals surface area contributed by atoms with Crippen molar-refractivity contribution in [2.75, 3.05) is 11.1 Å². The monoisotopic (exact) mass is 278 g/mol. The van der Waals surface area contributed by atoms with E-state index in [1.807, 2.05) is 24.3 Å². The molecule has 21 heavy (non-hydrogen) atoms. The molecule has 3 rings (SSSR count). The van der Waals surface area contributed by atoms with Crippen LogP contribution in [0.4, 0.5) is 11.4 Å². The summed E-state index contributed by atoms with van der Waals surface area (Å²) in [5, 5.41) is 3.77. The maximum absolute atomic E-state index is 12.0. The van der Waals surface area contributed by atoms with Crippen molar-refractivity contribution in [2.45, 2.75) is 6.42 Å². The Morgan fingerprint density at radius 2 is 1.90 bits per heavy atom. The Labute approximate surface area is 121 Å². The van der Waals surface area contributed by atoms with Crippen molar-refractivity contribution in [3.05, 3.63) is 60.6 Å². The molecular weight excluding hydrogens is 264 g/mol. The number of aromatic nitrogens is 2. The second kappa shape index (κ2) is 5.58. The van der Waals surface area contributed by atoms with Gasteiger partial charge in [0.1, 0.15) is 0 Å². The predicted molar refractivity (Wildman–Crippen MR) is 82.7 cm³/mol. The number of carbonyl (C=O) groups is 1. The first kappa shape index (κ1) is 13.1. The summed E-state index contributed by atoms with van der Waals surface area (Å²) >= 11 is 0. The second-order valence-corrected chi connectivity index (χ2v) is 4.68. The molecule has 0 aliphatic rings. The number of hydrogen-bond donors (Lipinski definition) is 2. The summed E-state index contributed by atoms with van der Waals surface area (Å²) in [7, 11) is 0. The van der Waals surface area contributed by atoms with Gasteiger partial charge in [-0.2, -0.15) is 0 Å². The lowest BCUT2D eigenvalue weighted by molar-refractivity contribution is -0.115. The highest BCUT2D eigenvalue weighted by Crippen LogP contribution is 2.19. The van der Waals surface area contributed by atoms with Crippen LogP contribution in [0.25, 0.3) is 10.9 Å². The van der Waals surface area contributed by atoms with Crippen LogP contribution >= 0.6 is 0 Å². The quantitative estimate of drug-likeness (QED) is 0.721. The van der Waals surface area contributed by atoms with E-state index in [0.717, 1.165) is 16.6 Å². The average molecular weight is 278 g/mol. The molecule has 0 atom stereocenters. The van der Waals surface area contributed by atoms with E-state index < -0.39 is 0 Å². The normalized spacial score (nSPS) is 10.5. The zero-order valence-electron chi connectivity index (χ0n) is 11.3. The van der Waals surface area contributed by atoms with Crippen LogP contribution in [-0.2, 0) is 11.2 Å². The summed E-state index contributed by atoms with van der Waals surface area (Å²) in [5.41, 5.74) is 8.66. The molecule has 104 valence electrons. The van der Waals surface area contributed by atoms with Gasteiger partial charge < -0.3 is 11.1 Å². The molecule has 0 spiro atoms. The largest absolute Gasteiger partial charge is 0.397 e. The van der Waals surface area contributed by atoms with Gasteiger partial charge in [-0.15, -0.1) is 0 Å². The molecule has 0 unspecified atom stereocenters. The number of nitrogens with two attached hydrogens (primary N) is 1. The third-order valence-corrected chi connectivity index (χ3v) is 3.11. The number of amides is 1. The Hall–Kier alpha value is -2.95. The lowest BCUT2D eigenvalue weighted by Crippen LogP contribution is -2.15. The molecule has 1 aromatic carbocycles. The first-order valence-electron chi connectivity index (χ1n) is 6.56. The molecule has 5 nitrogen and oxygen atoms in total. The van der Waals surface area contributed by atoms with Gasteiger partial charge in [-0.3, -0.25) is 14.8 Å². The maximum Gasteiger partial charge on any atom is 0.230 e. The molecule has 0 aliphatic carbocycles. The number of benzene rings is 1. The Balaban J connectivity index is 1.78. The van der Waals surface area contributed by atoms with Gasteiger partial charge in [0.05, 0.1) is 23.3 Å². The first-order chi connectivity index (χ1) is 10.2. The molecule has 0 aliphatic heterocycles. The minimum Gasteiger partial charge on any atom is -0.397 e. The average Bonchev–Trinajstić information content (AvgIpc) is 2.49. The van der Waals surface area contributed by atoms with Crippen molar-refractivity contribution in [2.24, 2.45) is 0 Å². The summed E-state index contributed by atoms with van der Waals surface area (Å²) in [6, 6.07) is 12.9. The van der Waals surface area contributed by atoms with Gasteiger partial charge >= 0.3 is 0 Å². The topological polar surface area (TPSA) is 80.9 Å². The fourth-order valence-electron chi connectivity index (χ4n) is 2.11. The van der Waals surface area contributed by atoms with Crippen LogP contribution in [0, 0.1) is 0 Å². The van der Waals surface area contributed by atoms with E-state index >= 15 is 0 Å². The minimum absolute atomic E-state index is 0.123. The molecular formula is C16H14N4O. The van der Waals surface area contributed by atoms with Crippen molar-refractivity contribution >= 4 is 28.2 Å². The molecule has 0 saturated carbocycles. The van der Waals surface area contributed by atoms with Gasteiger partial charge in [0.25, 0.3) is 0 Å². The third-order valence-electron chi connectivity index (χ3n) is 3.11. The van der Waals surface area contributed by atoms with E-state index in [0.29, 0.717) is 11.4 Å². The van der Waals surface area contributed by atoms with Gasteiger partial charge in [-0.1, -0.05) is 18.2 Å². The van der Waals surface area contributed by atoms with Crippen LogP contribution in [0.2, 0.25) is 0 Å². The van der Waals surface area contributed by atoms with Crippen molar-refractivity contribution in [3.63, 3.8) is 0 Å². The van der Waals surface area contributed by atoms with Crippen LogP contribution < -0.4 is 11.1 Å². The predicted octanol–water partition coefficient (Wildman–Crippen LogP) is 2.39. The SMILES string of the molecule is Nc1cccc2ccc(CC(=O)Nc3ccncc3)nc12. The lowest BCUT2D eigenvalue weighted by Gasteiger charge is -2.06. The summed E-state index contributed by atoms with van der Waals surface area (Å²) in [5.74, 6) is -0.123. The number of nitrogen functional groups attached to an aromatic ring is 1. The molecule has 2 heterocycles. The zero-order valence-corrected chi connectivity index (χ0v) is 11.3. The molecule has 1 amide bonds. The second-order valence-electron chi connectivity index (χ2n) is 4.68. The number of rotatable bonds is 3. The minimum atomic E-state index is -0.123. The van der Waals surface area contributed by atoms with Gasteiger partial charge in [-0.25, -0.2) is 0 Å². The summed E-state index contributed by atoms with van der Waals surface area (Å²) in [6.45, 7) is 0. The van der Waals surface area contributed by atoms with E-state index in [1.165, 1.54) is 0 Å². The van der Waals surface area contributed by atoms with E-state index in [-0.39, 0.29) is 12.3 Å². The Morgan fingerprint density at radius 1 is 1.10 bits per heavy atom. The van der Waals surface area contributed by atoms with Crippen molar-refractivity contribution < 1.29 is 4.79 Å². The van der Waals surface area contributed by atoms with Crippen LogP contribution in [0.1, 0.15) is 5.69 Å². The van der Waals surface area contributed by atoms with Crippen molar-refractivity contribution in [3.8, 4) is 0 Å². The highest BCUT2D eigenvalue weighted by atomic mass is 16.1. The molecule has 0 saturated heterocycles. The first-order valence-corrected chi connectivity index (χ1v) is 6.56. The molecule has 5 heteroatoms. The maximum atomic E-state index is 12.0. The van der Waals surface area contributed by atoms with E-state index in [1.54, 1.807) is 30.6 Å². The number of anilines is 2. The van der Waals surface area contributed by atoms with Gasteiger partial charge in [0.2, 0.25) is 5.91 Å². The van der Waals surface area contributed by atoms with Crippen LogP contribution in [-0.4, -0.2) is 15.9 Å². The fourth-order valence-corrected chi connectivity index (χ4v) is 2.11. The number of hydrogen-bond acceptors (Lipinski definition) is 4. The Morgan fingerprint density at radius 3 is 2.71 bits per heavy atom. The Bertz CT molecular complexity index is 787. The van der Waals surface area contributed by atoms with E-state index in [2.05, 4.69) is 15.3 Å². The standard InChI is InChI=1S/C16H14N4O/c17-14-3-1-2-11-4-5-13(20-16(11)14)10-15(21)19-12-6-8-18-9-7-12/h1-9H,10,17H2,(H,18,19,21). The number of nitrogens with zero attached hydrogens (tertiary/aromatic N) is 2. The van der Waals surface area contributed by atoms with Gasteiger partial charge in [0.15, 0.2) is 0 Å². The van der Waals surface area contributed by atoms with Crippen LogP contribution in [0.3, 0.4) is 0 Å². The highest BCUT2D eigenvalue weighted by Gasteiger charge is 2.07. The summed E-state index contributed by atoms with van der Waals surface area (Å²) in [4.78, 5) is 20.4. The fraction of sp³-hybridized carbons (Fsp3) is 0.0625. The molecule has 0 fully saturated rings. The van der Waals surface area contributed by atoms with E-state index in [9.17, 15) is 4.79 Å². The number of fused-ring (bicyclic) bond motifs is 1. The third kappa shape index (κ3) is 2.97. The lowest BCUT2D eigenvalue weighted by atomic mass is 10.1. The van der Waals surface area contributed by atoms with Crippen LogP contribution in [0.15, 0.2) is 54.9 Å². The summed E-state index contributed by atoms with van der Waals surface area (Å²) < 4.78 is 0. The number of nitrogens with one attached hydrogen (secondary N) is 1. The molecule has 0 bridgehead atoms. The Kier molecular flexibility index (Phi) is 3.47. The number of pyridine rings is 2. The molecule has 2 aromatic heterocycles. The van der Waals surface area contributed by atoms with Gasteiger partial charge in [-0.05, 0) is 24.3 Å². The zero-order chi connectivity index (χ0) is 14.7. The molecule has 3 N–H and O–H groups in total. The van der Waals surface area contributed by atoms with Crippen LogP contribution in [0.5, 0.6) is 0 Å². The molecule has 0 radical (unpaired) electrons. The molecule has 3 aromatic rings. The van der Waals surface area contributed by atoms with E-state index in [4.69, 9.17) is 5.73 Å². The van der Waals surface area contributed by atoms with Crippen molar-refractivity contribution in [1.29, 1.82) is 0 Å². The van der Waals surface area contributed by atoms with Gasteiger partial charge in [0, 0.05) is 23.5 Å². The summed E-state index contributed by atoms with van der Waals surface area (Å²) in [6.07, 6.45) is 3.46. The smallest absolute Gasteiger partial charge is 0.230 e. The van der Waals surface area contributed by atoms with Crippen molar-refractivity contribution in [1.82, 2.24) is 9.97 Å². The highest BCUT2D eigenvalue weighted by molar-refractivity contribution is 5.93. The number of para-hydroxylation sites is 1. The number of carbonyl (C=O) groups excluding carboxylic acids is 1.